The average molecular weight is 437 g/mol. The van der Waals surface area contributed by atoms with Crippen LogP contribution in [0.5, 0.6) is 17.2 Å². The van der Waals surface area contributed by atoms with Crippen molar-refractivity contribution in [1.82, 2.24) is 9.88 Å². The van der Waals surface area contributed by atoms with E-state index in [4.69, 9.17) is 14.2 Å². The number of hydrogen-bond acceptors (Lipinski definition) is 5. The molecule has 0 radical (unpaired) electrons. The molecule has 0 fully saturated rings. The third-order valence-corrected chi connectivity index (χ3v) is 6.27. The molecule has 0 saturated heterocycles. The van der Waals surface area contributed by atoms with Crippen molar-refractivity contribution in [3.63, 3.8) is 0 Å². The Labute approximate surface area is 185 Å². The van der Waals surface area contributed by atoms with Crippen molar-refractivity contribution in [2.45, 2.75) is 6.04 Å². The Morgan fingerprint density at radius 1 is 1.00 bits per heavy atom. The molecule has 2 heterocycles. The Bertz CT molecular complexity index is 1170. The van der Waals surface area contributed by atoms with E-state index in [9.17, 15) is 4.79 Å². The molecule has 160 valence electrons. The molecule has 4 aromatic rings. The molecular weight excluding hydrogens is 412 g/mol. The molecule has 1 N–H and O–H groups in total. The van der Waals surface area contributed by atoms with Gasteiger partial charge in [0, 0.05) is 40.2 Å². The maximum absolute atomic E-state index is 13.6. The van der Waals surface area contributed by atoms with Crippen molar-refractivity contribution < 1.29 is 19.0 Å². The number of fused-ring (bicyclic) bond motifs is 1. The molecule has 1 atom stereocenters. The minimum absolute atomic E-state index is 0.150. The molecule has 0 unspecified atom stereocenters. The van der Waals surface area contributed by atoms with Gasteiger partial charge in [0.2, 0.25) is 5.75 Å². The van der Waals surface area contributed by atoms with Gasteiger partial charge in [-0.2, -0.15) is 0 Å². The number of nitrogens with zero attached hydrogens (tertiary/aromatic N) is 1. The smallest absolute Gasteiger partial charge is 0.254 e. The number of aromatic amines is 1. The van der Waals surface area contributed by atoms with E-state index in [0.29, 0.717) is 22.8 Å². The van der Waals surface area contributed by atoms with Gasteiger partial charge in [0.1, 0.15) is 0 Å². The van der Waals surface area contributed by atoms with Gasteiger partial charge in [-0.15, -0.1) is 11.3 Å². The largest absolute Gasteiger partial charge is 0.493 e. The number of thiophene rings is 1. The molecule has 31 heavy (non-hydrogen) atoms. The Balaban J connectivity index is 1.80. The second-order valence-electron chi connectivity index (χ2n) is 7.04. The monoisotopic (exact) mass is 436 g/mol. The fraction of sp³-hybridized carbons (Fsp3) is 0.208. The highest BCUT2D eigenvalue weighted by molar-refractivity contribution is 7.10. The molecule has 7 heteroatoms. The lowest BCUT2D eigenvalue weighted by Gasteiger charge is -2.28. The molecule has 6 nitrogen and oxygen atoms in total. The van der Waals surface area contributed by atoms with E-state index in [1.165, 1.54) is 21.3 Å². The summed E-state index contributed by atoms with van der Waals surface area (Å²) in [5.41, 5.74) is 2.53. The first-order valence-corrected chi connectivity index (χ1v) is 10.6. The molecule has 0 aliphatic heterocycles. The van der Waals surface area contributed by atoms with E-state index in [1.54, 1.807) is 28.4 Å². The van der Waals surface area contributed by atoms with E-state index in [1.807, 2.05) is 42.9 Å². The molecule has 1 amide bonds. The lowest BCUT2D eigenvalue weighted by Crippen LogP contribution is -2.31. The number of H-pyrrole nitrogens is 1. The van der Waals surface area contributed by atoms with Crippen LogP contribution < -0.4 is 14.2 Å². The van der Waals surface area contributed by atoms with Crippen LogP contribution in [-0.4, -0.2) is 44.2 Å². The fourth-order valence-corrected chi connectivity index (χ4v) is 4.73. The van der Waals surface area contributed by atoms with Crippen LogP contribution in [0.1, 0.15) is 26.8 Å². The van der Waals surface area contributed by atoms with Crippen LogP contribution in [0, 0.1) is 0 Å². The average Bonchev–Trinajstić information content (AvgIpc) is 3.48. The maximum Gasteiger partial charge on any atom is 0.254 e. The highest BCUT2D eigenvalue weighted by Crippen LogP contribution is 2.40. The Morgan fingerprint density at radius 3 is 2.32 bits per heavy atom. The fourth-order valence-electron chi connectivity index (χ4n) is 3.85. The SMILES string of the molecule is COc1cc(C(=O)N(C)[C@@H](c2cccs2)c2c[nH]c3ccccc23)cc(OC)c1OC. The van der Waals surface area contributed by atoms with Crippen LogP contribution in [0.4, 0.5) is 0 Å². The number of methoxy groups -OCH3 is 3. The zero-order valence-corrected chi connectivity index (χ0v) is 18.7. The van der Waals surface area contributed by atoms with Crippen molar-refractivity contribution in [2.24, 2.45) is 0 Å². The summed E-state index contributed by atoms with van der Waals surface area (Å²) in [7, 11) is 6.43. The number of benzene rings is 2. The van der Waals surface area contributed by atoms with Crippen molar-refractivity contribution in [1.29, 1.82) is 0 Å². The number of amides is 1. The predicted molar refractivity (Wildman–Crippen MR) is 123 cm³/mol. The molecule has 2 aromatic heterocycles. The minimum atomic E-state index is -0.247. The third-order valence-electron chi connectivity index (χ3n) is 5.35. The van der Waals surface area contributed by atoms with Gasteiger partial charge in [0.25, 0.3) is 5.91 Å². The molecule has 0 aliphatic rings. The van der Waals surface area contributed by atoms with Crippen LogP contribution in [0.2, 0.25) is 0 Å². The van der Waals surface area contributed by atoms with Crippen LogP contribution in [-0.2, 0) is 0 Å². The van der Waals surface area contributed by atoms with E-state index in [-0.39, 0.29) is 11.9 Å². The Kier molecular flexibility index (Phi) is 5.86. The summed E-state index contributed by atoms with van der Waals surface area (Å²) in [6.45, 7) is 0. The van der Waals surface area contributed by atoms with Crippen LogP contribution in [0.3, 0.4) is 0 Å². The first-order valence-electron chi connectivity index (χ1n) is 9.75. The first kappa shape index (κ1) is 20.8. The summed E-state index contributed by atoms with van der Waals surface area (Å²) in [6, 6.07) is 15.3. The summed E-state index contributed by atoms with van der Waals surface area (Å²) in [5, 5.41) is 3.11. The third kappa shape index (κ3) is 3.72. The van der Waals surface area contributed by atoms with Gasteiger partial charge in [0.05, 0.1) is 27.4 Å². The number of rotatable bonds is 7. The highest BCUT2D eigenvalue weighted by Gasteiger charge is 2.29. The second kappa shape index (κ2) is 8.73. The molecule has 2 aromatic carbocycles. The molecule has 0 aliphatic carbocycles. The van der Waals surface area contributed by atoms with Crippen molar-refractivity contribution >= 4 is 28.1 Å². The summed E-state index contributed by atoms with van der Waals surface area (Å²) in [6.07, 6.45) is 1.98. The lowest BCUT2D eigenvalue weighted by molar-refractivity contribution is 0.0757. The summed E-state index contributed by atoms with van der Waals surface area (Å²) >= 11 is 1.62. The van der Waals surface area contributed by atoms with Gasteiger partial charge in [-0.3, -0.25) is 4.79 Å². The standard InChI is InChI=1S/C24H24N2O4S/c1-26(24(27)15-12-19(28-2)23(30-4)20(13-15)29-3)22(21-10-7-11-31-21)17-14-25-18-9-6-5-8-16(17)18/h5-14,22,25H,1-4H3/t22-/m1/s1. The number of carbonyl (C=O) groups excluding carboxylic acids is 1. The van der Waals surface area contributed by atoms with E-state index in [2.05, 4.69) is 17.1 Å². The number of aromatic nitrogens is 1. The number of ether oxygens (including phenoxy) is 3. The van der Waals surface area contributed by atoms with Gasteiger partial charge in [-0.1, -0.05) is 24.3 Å². The van der Waals surface area contributed by atoms with Crippen molar-refractivity contribution in [3.05, 3.63) is 76.1 Å². The number of hydrogen-bond donors (Lipinski definition) is 1. The normalized spacial score (nSPS) is 11.9. The van der Waals surface area contributed by atoms with Crippen LogP contribution in [0.25, 0.3) is 10.9 Å². The maximum atomic E-state index is 13.6. The molecule has 0 saturated carbocycles. The summed E-state index contributed by atoms with van der Waals surface area (Å²) in [5.74, 6) is 1.19. The highest BCUT2D eigenvalue weighted by atomic mass is 32.1. The molecule has 0 spiro atoms. The number of para-hydroxylation sites is 1. The lowest BCUT2D eigenvalue weighted by atomic mass is 10.0. The second-order valence-corrected chi connectivity index (χ2v) is 8.02. The van der Waals surface area contributed by atoms with Crippen LogP contribution in [0.15, 0.2) is 60.1 Å². The predicted octanol–water partition coefficient (Wildman–Crippen LogP) is 5.12. The van der Waals surface area contributed by atoms with E-state index in [0.717, 1.165) is 21.3 Å². The quantitative estimate of drug-likeness (QED) is 0.437. The van der Waals surface area contributed by atoms with Crippen molar-refractivity contribution in [2.75, 3.05) is 28.4 Å². The van der Waals surface area contributed by atoms with Gasteiger partial charge in [-0.05, 0) is 29.6 Å². The summed E-state index contributed by atoms with van der Waals surface area (Å²) < 4.78 is 16.3. The number of nitrogens with one attached hydrogen (secondary N) is 1. The number of carbonyl (C=O) groups is 1. The van der Waals surface area contributed by atoms with Gasteiger partial charge in [-0.25, -0.2) is 0 Å². The Morgan fingerprint density at radius 2 is 1.71 bits per heavy atom. The van der Waals surface area contributed by atoms with Crippen LogP contribution >= 0.6 is 11.3 Å². The van der Waals surface area contributed by atoms with Gasteiger partial charge >= 0.3 is 0 Å². The molecule has 4 rings (SSSR count). The van der Waals surface area contributed by atoms with Crippen molar-refractivity contribution in [3.8, 4) is 17.2 Å². The topological polar surface area (TPSA) is 63.8 Å². The Hall–Kier alpha value is -3.45. The van der Waals surface area contributed by atoms with Gasteiger partial charge in [0.15, 0.2) is 11.5 Å². The minimum Gasteiger partial charge on any atom is -0.493 e. The van der Waals surface area contributed by atoms with Gasteiger partial charge < -0.3 is 24.1 Å². The first-order chi connectivity index (χ1) is 15.1. The summed E-state index contributed by atoms with van der Waals surface area (Å²) in [4.78, 5) is 19.8. The zero-order chi connectivity index (χ0) is 22.0. The molecule has 0 bridgehead atoms. The zero-order valence-electron chi connectivity index (χ0n) is 17.8. The van der Waals surface area contributed by atoms with E-state index < -0.39 is 0 Å². The van der Waals surface area contributed by atoms with E-state index >= 15 is 0 Å². The molecular formula is C24H24N2O4S.